The van der Waals surface area contributed by atoms with Crippen LogP contribution in [-0.4, -0.2) is 31.1 Å². The number of aryl methyl sites for hydroxylation is 1. The maximum Gasteiger partial charge on any atom is 0.156 e. The fraction of sp³-hybridized carbons (Fsp3) is 0.600. The van der Waals surface area contributed by atoms with Gasteiger partial charge in [-0.2, -0.15) is 0 Å². The van der Waals surface area contributed by atoms with E-state index in [0.29, 0.717) is 18.4 Å². The number of aliphatic hydroxyl groups is 1. The molecule has 1 aromatic carbocycles. The van der Waals surface area contributed by atoms with Gasteiger partial charge in [-0.3, -0.25) is 0 Å². The van der Waals surface area contributed by atoms with Crippen molar-refractivity contribution in [3.8, 4) is 5.75 Å². The second kappa shape index (κ2) is 5.37. The normalized spacial score (nSPS) is 26.4. The van der Waals surface area contributed by atoms with Crippen LogP contribution in [0.4, 0.5) is 0 Å². The first kappa shape index (κ1) is 13.9. The molecule has 0 amide bonds. The smallest absolute Gasteiger partial charge is 0.156 e. The van der Waals surface area contributed by atoms with Gasteiger partial charge in [0.1, 0.15) is 5.75 Å². The highest BCUT2D eigenvalue weighted by molar-refractivity contribution is 7.92. The molecule has 1 N–H and O–H groups in total. The van der Waals surface area contributed by atoms with Crippen molar-refractivity contribution in [3.63, 3.8) is 0 Å². The maximum atomic E-state index is 12.1. The van der Waals surface area contributed by atoms with Crippen molar-refractivity contribution in [2.24, 2.45) is 0 Å². The Kier molecular flexibility index (Phi) is 3.73. The van der Waals surface area contributed by atoms with Gasteiger partial charge in [0, 0.05) is 0 Å². The lowest BCUT2D eigenvalue weighted by Crippen LogP contribution is -2.33. The Hall–Kier alpha value is -1.07. The average molecular weight is 296 g/mol. The van der Waals surface area contributed by atoms with Crippen molar-refractivity contribution in [2.45, 2.75) is 43.5 Å². The first-order valence-corrected chi connectivity index (χ1v) is 8.95. The standard InChI is InChI=1S/C15H20O4S/c16-15(14-5-1-2-9-20(14,17)18)12-6-7-13-11(10-12)4-3-8-19-13/h6-7,10,14-16H,1-5,8-9H2. The first-order chi connectivity index (χ1) is 9.58. The molecule has 0 bridgehead atoms. The average Bonchev–Trinajstić information content (AvgIpc) is 2.45. The summed E-state index contributed by atoms with van der Waals surface area (Å²) in [5, 5.41) is 9.81. The van der Waals surface area contributed by atoms with Crippen LogP contribution in [0.15, 0.2) is 18.2 Å². The lowest BCUT2D eigenvalue weighted by atomic mass is 9.97. The van der Waals surface area contributed by atoms with Crippen LogP contribution in [-0.2, 0) is 16.3 Å². The van der Waals surface area contributed by atoms with Crippen molar-refractivity contribution in [1.82, 2.24) is 0 Å². The Morgan fingerprint density at radius 1 is 1.25 bits per heavy atom. The fourth-order valence-electron chi connectivity index (χ4n) is 3.11. The second-order valence-corrected chi connectivity index (χ2v) is 8.00. The van der Waals surface area contributed by atoms with Gasteiger partial charge in [0.2, 0.25) is 0 Å². The summed E-state index contributed by atoms with van der Waals surface area (Å²) in [6.45, 7) is 0.728. The molecular formula is C15H20O4S. The Bertz CT molecular complexity index is 594. The minimum Gasteiger partial charge on any atom is -0.493 e. The highest BCUT2D eigenvalue weighted by Crippen LogP contribution is 2.33. The molecule has 0 saturated carbocycles. The zero-order valence-corrected chi connectivity index (χ0v) is 12.2. The number of fused-ring (bicyclic) bond motifs is 1. The summed E-state index contributed by atoms with van der Waals surface area (Å²) in [7, 11) is -3.17. The summed E-state index contributed by atoms with van der Waals surface area (Å²) in [5.74, 6) is 1.06. The van der Waals surface area contributed by atoms with E-state index in [2.05, 4.69) is 0 Å². The molecule has 20 heavy (non-hydrogen) atoms. The molecule has 2 unspecified atom stereocenters. The van der Waals surface area contributed by atoms with Gasteiger partial charge in [-0.1, -0.05) is 12.5 Å². The zero-order valence-electron chi connectivity index (χ0n) is 11.4. The molecule has 2 aliphatic rings. The first-order valence-electron chi connectivity index (χ1n) is 7.23. The van der Waals surface area contributed by atoms with Gasteiger partial charge >= 0.3 is 0 Å². The molecule has 1 fully saturated rings. The van der Waals surface area contributed by atoms with Crippen LogP contribution >= 0.6 is 0 Å². The minimum absolute atomic E-state index is 0.197. The summed E-state index contributed by atoms with van der Waals surface area (Å²) in [6, 6.07) is 5.55. The predicted molar refractivity (Wildman–Crippen MR) is 76.6 cm³/mol. The minimum atomic E-state index is -3.17. The summed E-state index contributed by atoms with van der Waals surface area (Å²) >= 11 is 0. The number of hydrogen-bond donors (Lipinski definition) is 1. The number of rotatable bonds is 2. The highest BCUT2D eigenvalue weighted by atomic mass is 32.2. The lowest BCUT2D eigenvalue weighted by Gasteiger charge is -2.27. The van der Waals surface area contributed by atoms with Gasteiger partial charge in [-0.25, -0.2) is 8.42 Å². The monoisotopic (exact) mass is 296 g/mol. The second-order valence-electron chi connectivity index (χ2n) is 5.67. The van der Waals surface area contributed by atoms with Gasteiger partial charge in [0.25, 0.3) is 0 Å². The highest BCUT2D eigenvalue weighted by Gasteiger charge is 2.35. The predicted octanol–water partition coefficient (Wildman–Crippen LogP) is 2.01. The third-order valence-corrected chi connectivity index (χ3v) is 6.53. The van der Waals surface area contributed by atoms with Gasteiger partial charge < -0.3 is 9.84 Å². The van der Waals surface area contributed by atoms with Crippen LogP contribution in [0.3, 0.4) is 0 Å². The third kappa shape index (κ3) is 2.56. The molecular weight excluding hydrogens is 276 g/mol. The van der Waals surface area contributed by atoms with E-state index in [9.17, 15) is 13.5 Å². The summed E-state index contributed by atoms with van der Waals surface area (Å²) in [5.41, 5.74) is 1.77. The van der Waals surface area contributed by atoms with Crippen LogP contribution in [0.1, 0.15) is 42.9 Å². The van der Waals surface area contributed by atoms with Gasteiger partial charge in [0.15, 0.2) is 9.84 Å². The van der Waals surface area contributed by atoms with E-state index < -0.39 is 21.2 Å². The molecule has 5 heteroatoms. The quantitative estimate of drug-likeness (QED) is 0.907. The molecule has 0 aromatic heterocycles. The van der Waals surface area contributed by atoms with Crippen molar-refractivity contribution < 1.29 is 18.3 Å². The van der Waals surface area contributed by atoms with E-state index in [0.717, 1.165) is 37.2 Å². The zero-order chi connectivity index (χ0) is 14.2. The lowest BCUT2D eigenvalue weighted by molar-refractivity contribution is 0.164. The number of ether oxygens (including phenoxy) is 1. The summed E-state index contributed by atoms with van der Waals surface area (Å²) in [4.78, 5) is 0. The molecule has 4 nitrogen and oxygen atoms in total. The van der Waals surface area contributed by atoms with Crippen LogP contribution in [0.2, 0.25) is 0 Å². The SMILES string of the molecule is O=S1(=O)CCCCC1C(O)c1ccc2c(c1)CCCO2. The maximum absolute atomic E-state index is 12.1. The van der Waals surface area contributed by atoms with Crippen LogP contribution in [0, 0.1) is 0 Å². The van der Waals surface area contributed by atoms with Crippen molar-refractivity contribution in [3.05, 3.63) is 29.3 Å². The number of aliphatic hydroxyl groups excluding tert-OH is 1. The van der Waals surface area contributed by atoms with E-state index >= 15 is 0 Å². The Morgan fingerprint density at radius 2 is 2.10 bits per heavy atom. The van der Waals surface area contributed by atoms with Gasteiger partial charge in [-0.15, -0.1) is 0 Å². The van der Waals surface area contributed by atoms with Crippen molar-refractivity contribution in [2.75, 3.05) is 12.4 Å². The summed E-state index contributed by atoms with van der Waals surface area (Å²) < 4.78 is 29.7. The topological polar surface area (TPSA) is 63.6 Å². The van der Waals surface area contributed by atoms with E-state index in [1.54, 1.807) is 6.07 Å². The van der Waals surface area contributed by atoms with Crippen LogP contribution in [0.5, 0.6) is 5.75 Å². The Morgan fingerprint density at radius 3 is 2.90 bits per heavy atom. The van der Waals surface area contributed by atoms with Gasteiger partial charge in [0.05, 0.1) is 23.7 Å². The molecule has 0 spiro atoms. The van der Waals surface area contributed by atoms with E-state index in [4.69, 9.17) is 4.74 Å². The van der Waals surface area contributed by atoms with Crippen LogP contribution < -0.4 is 4.74 Å². The van der Waals surface area contributed by atoms with E-state index in [-0.39, 0.29) is 5.75 Å². The largest absolute Gasteiger partial charge is 0.493 e. The summed E-state index contributed by atoms with van der Waals surface area (Å²) in [6.07, 6.45) is 3.10. The van der Waals surface area contributed by atoms with E-state index in [1.165, 1.54) is 0 Å². The third-order valence-electron chi connectivity index (χ3n) is 4.26. The van der Waals surface area contributed by atoms with Crippen molar-refractivity contribution in [1.29, 1.82) is 0 Å². The van der Waals surface area contributed by atoms with Crippen molar-refractivity contribution >= 4 is 9.84 Å². The van der Waals surface area contributed by atoms with E-state index in [1.807, 2.05) is 12.1 Å². The molecule has 3 rings (SSSR count). The van der Waals surface area contributed by atoms with Gasteiger partial charge in [-0.05, 0) is 48.9 Å². The Balaban J connectivity index is 1.88. The molecule has 110 valence electrons. The molecule has 0 radical (unpaired) electrons. The fourth-order valence-corrected chi connectivity index (χ4v) is 5.10. The van der Waals surface area contributed by atoms with Crippen LogP contribution in [0.25, 0.3) is 0 Å². The Labute approximate surface area is 119 Å². The molecule has 2 atom stereocenters. The molecule has 2 aliphatic heterocycles. The molecule has 0 aliphatic carbocycles. The molecule has 2 heterocycles. The number of hydrogen-bond acceptors (Lipinski definition) is 4. The number of benzene rings is 1. The number of sulfone groups is 1. The molecule has 1 aromatic rings. The molecule has 1 saturated heterocycles.